The van der Waals surface area contributed by atoms with Crippen molar-refractivity contribution in [2.75, 3.05) is 23.4 Å². The topological polar surface area (TPSA) is 75.7 Å². The molecule has 1 N–H and O–H groups in total. The molecule has 0 aromatic heterocycles. The van der Waals surface area contributed by atoms with E-state index in [1.54, 1.807) is 30.3 Å². The fourth-order valence-corrected chi connectivity index (χ4v) is 2.96. The van der Waals surface area contributed by atoms with Crippen molar-refractivity contribution in [3.8, 4) is 0 Å². The van der Waals surface area contributed by atoms with Crippen LogP contribution in [0.5, 0.6) is 0 Å². The van der Waals surface area contributed by atoms with Crippen molar-refractivity contribution in [1.82, 2.24) is 0 Å². The summed E-state index contributed by atoms with van der Waals surface area (Å²) < 4.78 is 18.9. The van der Waals surface area contributed by atoms with Gasteiger partial charge in [-0.1, -0.05) is 35.9 Å². The van der Waals surface area contributed by atoms with Crippen LogP contribution in [0.4, 0.5) is 15.8 Å². The third kappa shape index (κ3) is 4.43. The lowest BCUT2D eigenvalue weighted by atomic mass is 10.1. The standard InChI is InChI=1S/C19H16ClFN2O4/c20-13-5-1-3-7-15(13)22-17(24)11-27-19(26)12-9-18(25)23(10-12)16-8-4-2-6-14(16)21/h1-8,12H,9-11H2,(H,22,24)/t12-/m1/s1. The SMILES string of the molecule is O=C(COC(=O)[C@@H]1CC(=O)N(c2ccccc2F)C1)Nc1ccccc1Cl. The quantitative estimate of drug-likeness (QED) is 0.796. The number of carbonyl (C=O) groups excluding carboxylic acids is 3. The maximum absolute atomic E-state index is 13.9. The number of esters is 1. The van der Waals surface area contributed by atoms with E-state index in [2.05, 4.69) is 5.32 Å². The summed E-state index contributed by atoms with van der Waals surface area (Å²) in [6, 6.07) is 12.5. The third-order valence-corrected chi connectivity index (χ3v) is 4.42. The van der Waals surface area contributed by atoms with Crippen molar-refractivity contribution >= 4 is 40.8 Å². The molecule has 0 saturated carbocycles. The van der Waals surface area contributed by atoms with Crippen LogP contribution in [-0.4, -0.2) is 30.9 Å². The van der Waals surface area contributed by atoms with E-state index in [1.807, 2.05) is 0 Å². The monoisotopic (exact) mass is 390 g/mol. The molecule has 1 heterocycles. The maximum Gasteiger partial charge on any atom is 0.311 e. The minimum absolute atomic E-state index is 0.00469. The van der Waals surface area contributed by atoms with E-state index < -0.39 is 30.2 Å². The predicted octanol–water partition coefficient (Wildman–Crippen LogP) is 3.01. The summed E-state index contributed by atoms with van der Waals surface area (Å²) in [5, 5.41) is 2.89. The lowest BCUT2D eigenvalue weighted by molar-refractivity contribution is -0.151. The van der Waals surface area contributed by atoms with Gasteiger partial charge in [0.2, 0.25) is 5.91 Å². The molecule has 1 atom stereocenters. The number of amides is 2. The van der Waals surface area contributed by atoms with Gasteiger partial charge < -0.3 is 15.0 Å². The van der Waals surface area contributed by atoms with E-state index in [0.29, 0.717) is 10.7 Å². The van der Waals surface area contributed by atoms with Crippen LogP contribution < -0.4 is 10.2 Å². The Labute approximate surface area is 159 Å². The van der Waals surface area contributed by atoms with E-state index in [9.17, 15) is 18.8 Å². The molecule has 0 radical (unpaired) electrons. The summed E-state index contributed by atoms with van der Waals surface area (Å²) in [5.74, 6) is -2.91. The molecule has 1 saturated heterocycles. The van der Waals surface area contributed by atoms with Crippen molar-refractivity contribution in [1.29, 1.82) is 0 Å². The first-order valence-electron chi connectivity index (χ1n) is 8.21. The number of ether oxygens (including phenoxy) is 1. The highest BCUT2D eigenvalue weighted by Gasteiger charge is 2.37. The van der Waals surface area contributed by atoms with Gasteiger partial charge in [0.25, 0.3) is 5.91 Å². The Kier molecular flexibility index (Phi) is 5.71. The number of carbonyl (C=O) groups is 3. The lowest BCUT2D eigenvalue weighted by Gasteiger charge is -2.17. The van der Waals surface area contributed by atoms with Gasteiger partial charge in [0.15, 0.2) is 6.61 Å². The van der Waals surface area contributed by atoms with Gasteiger partial charge in [-0.2, -0.15) is 0 Å². The summed E-state index contributed by atoms with van der Waals surface area (Å²) >= 11 is 5.94. The van der Waals surface area contributed by atoms with Crippen molar-refractivity contribution < 1.29 is 23.5 Å². The fourth-order valence-electron chi connectivity index (χ4n) is 2.77. The molecular formula is C19H16ClFN2O4. The Morgan fingerprint density at radius 2 is 1.89 bits per heavy atom. The van der Waals surface area contributed by atoms with Gasteiger partial charge in [-0.3, -0.25) is 14.4 Å². The molecule has 1 fully saturated rings. The summed E-state index contributed by atoms with van der Waals surface area (Å²) in [5.41, 5.74) is 0.524. The van der Waals surface area contributed by atoms with Crippen LogP contribution in [-0.2, 0) is 19.1 Å². The van der Waals surface area contributed by atoms with Crippen LogP contribution >= 0.6 is 11.6 Å². The maximum atomic E-state index is 13.9. The van der Waals surface area contributed by atoms with Crippen molar-refractivity contribution in [3.63, 3.8) is 0 Å². The Morgan fingerprint density at radius 3 is 2.63 bits per heavy atom. The van der Waals surface area contributed by atoms with Gasteiger partial charge in [-0.25, -0.2) is 4.39 Å². The minimum atomic E-state index is -0.759. The normalized spacial score (nSPS) is 16.3. The molecule has 8 heteroatoms. The smallest absolute Gasteiger partial charge is 0.311 e. The molecule has 1 aliphatic heterocycles. The molecule has 3 rings (SSSR count). The fraction of sp³-hybridized carbons (Fsp3) is 0.211. The summed E-state index contributed by atoms with van der Waals surface area (Å²) in [4.78, 5) is 37.4. The summed E-state index contributed by atoms with van der Waals surface area (Å²) in [7, 11) is 0. The number of nitrogens with zero attached hydrogens (tertiary/aromatic N) is 1. The van der Waals surface area contributed by atoms with Crippen LogP contribution in [0.25, 0.3) is 0 Å². The number of para-hydroxylation sites is 2. The first-order valence-corrected chi connectivity index (χ1v) is 8.59. The molecule has 2 aromatic rings. The number of hydrogen-bond acceptors (Lipinski definition) is 4. The number of benzene rings is 2. The van der Waals surface area contributed by atoms with Crippen LogP contribution in [0.2, 0.25) is 5.02 Å². The first-order chi connectivity index (χ1) is 13.0. The second-order valence-corrected chi connectivity index (χ2v) is 6.40. The molecule has 27 heavy (non-hydrogen) atoms. The van der Waals surface area contributed by atoms with Gasteiger partial charge >= 0.3 is 5.97 Å². The third-order valence-electron chi connectivity index (χ3n) is 4.10. The predicted molar refractivity (Wildman–Crippen MR) is 97.9 cm³/mol. The van der Waals surface area contributed by atoms with E-state index >= 15 is 0 Å². The van der Waals surface area contributed by atoms with Crippen LogP contribution in [0.1, 0.15) is 6.42 Å². The van der Waals surface area contributed by atoms with Crippen molar-refractivity contribution in [2.45, 2.75) is 6.42 Å². The van der Waals surface area contributed by atoms with Crippen molar-refractivity contribution in [2.24, 2.45) is 5.92 Å². The molecule has 2 aromatic carbocycles. The Bertz CT molecular complexity index is 890. The molecule has 2 amide bonds. The Morgan fingerprint density at radius 1 is 1.19 bits per heavy atom. The summed E-state index contributed by atoms with van der Waals surface area (Å²) in [6.07, 6.45) is -0.0979. The average Bonchev–Trinajstić information content (AvgIpc) is 3.04. The molecule has 0 aliphatic carbocycles. The van der Waals surface area contributed by atoms with Gasteiger partial charge in [0.1, 0.15) is 5.82 Å². The van der Waals surface area contributed by atoms with E-state index in [0.717, 1.165) is 0 Å². The number of anilines is 2. The Hall–Kier alpha value is -2.93. The average molecular weight is 391 g/mol. The zero-order valence-electron chi connectivity index (χ0n) is 14.2. The number of rotatable bonds is 5. The van der Waals surface area contributed by atoms with Gasteiger partial charge in [0.05, 0.1) is 22.3 Å². The highest BCUT2D eigenvalue weighted by molar-refractivity contribution is 6.33. The number of nitrogens with one attached hydrogen (secondary N) is 1. The molecular weight excluding hydrogens is 375 g/mol. The molecule has 0 spiro atoms. The van der Waals surface area contributed by atoms with E-state index in [-0.39, 0.29) is 24.6 Å². The van der Waals surface area contributed by atoms with Crippen LogP contribution in [0, 0.1) is 11.7 Å². The lowest BCUT2D eigenvalue weighted by Crippen LogP contribution is -2.28. The molecule has 0 unspecified atom stereocenters. The number of hydrogen-bond donors (Lipinski definition) is 1. The largest absolute Gasteiger partial charge is 0.455 e. The van der Waals surface area contributed by atoms with E-state index in [1.165, 1.54) is 23.1 Å². The van der Waals surface area contributed by atoms with Crippen LogP contribution in [0.15, 0.2) is 48.5 Å². The zero-order valence-corrected chi connectivity index (χ0v) is 14.9. The number of halogens is 2. The second kappa shape index (κ2) is 8.18. The summed E-state index contributed by atoms with van der Waals surface area (Å²) in [6.45, 7) is -0.501. The van der Waals surface area contributed by atoms with Gasteiger partial charge in [-0.15, -0.1) is 0 Å². The molecule has 1 aliphatic rings. The molecule has 6 nitrogen and oxygen atoms in total. The van der Waals surface area contributed by atoms with Crippen molar-refractivity contribution in [3.05, 3.63) is 59.4 Å². The zero-order chi connectivity index (χ0) is 19.4. The second-order valence-electron chi connectivity index (χ2n) is 5.99. The highest BCUT2D eigenvalue weighted by atomic mass is 35.5. The van der Waals surface area contributed by atoms with Gasteiger partial charge in [-0.05, 0) is 24.3 Å². The van der Waals surface area contributed by atoms with Gasteiger partial charge in [0, 0.05) is 13.0 Å². The van der Waals surface area contributed by atoms with Crippen LogP contribution in [0.3, 0.4) is 0 Å². The molecule has 0 bridgehead atoms. The first kappa shape index (κ1) is 18.8. The highest BCUT2D eigenvalue weighted by Crippen LogP contribution is 2.28. The van der Waals surface area contributed by atoms with E-state index in [4.69, 9.17) is 16.3 Å². The molecule has 140 valence electrons. The minimum Gasteiger partial charge on any atom is -0.455 e. The Balaban J connectivity index is 1.54.